The summed E-state index contributed by atoms with van der Waals surface area (Å²) in [5, 5.41) is 17.3. The molecule has 0 saturated carbocycles. The first-order valence-corrected chi connectivity index (χ1v) is 10.8. The number of hydrogen-bond donors (Lipinski definition) is 1. The molecule has 0 aliphatic carbocycles. The predicted octanol–water partition coefficient (Wildman–Crippen LogP) is 0.734. The van der Waals surface area contributed by atoms with Crippen LogP contribution >= 0.6 is 0 Å². The highest BCUT2D eigenvalue weighted by Gasteiger charge is 2.35. The largest absolute Gasteiger partial charge is 0.395 e. The quantitative estimate of drug-likeness (QED) is 0.540. The monoisotopic (exact) mass is 470 g/mol. The minimum absolute atomic E-state index is 0.000711. The van der Waals surface area contributed by atoms with Crippen LogP contribution in [0.1, 0.15) is 22.9 Å². The second-order valence-corrected chi connectivity index (χ2v) is 8.86. The third-order valence-corrected chi connectivity index (χ3v) is 6.43. The number of alkyl halides is 2. The molecule has 1 amide bonds. The maximum absolute atomic E-state index is 14.0. The van der Waals surface area contributed by atoms with Crippen molar-refractivity contribution < 1.29 is 31.5 Å². The molecule has 170 valence electrons. The van der Waals surface area contributed by atoms with Crippen molar-refractivity contribution in [2.45, 2.75) is 36.9 Å². The number of aliphatic hydroxyl groups is 1. The highest BCUT2D eigenvalue weighted by molar-refractivity contribution is 7.89. The summed E-state index contributed by atoms with van der Waals surface area (Å²) < 4.78 is 65.9. The lowest BCUT2D eigenvalue weighted by Crippen LogP contribution is -2.34. The first kappa shape index (κ1) is 22.0. The Hall–Kier alpha value is -3.26. The van der Waals surface area contributed by atoms with Crippen molar-refractivity contribution in [2.75, 3.05) is 6.61 Å². The topological polar surface area (TPSA) is 123 Å². The predicted molar refractivity (Wildman–Crippen MR) is 101 cm³/mol. The van der Waals surface area contributed by atoms with Gasteiger partial charge in [0.15, 0.2) is 0 Å². The number of carbonyl (C=O) groups excluding carboxylic acids is 1. The lowest BCUT2D eigenvalue weighted by Gasteiger charge is -2.21. The van der Waals surface area contributed by atoms with Gasteiger partial charge in [0, 0.05) is 30.7 Å². The Bertz CT molecular complexity index is 1240. The number of nitrogens with zero attached hydrogens (tertiary/aromatic N) is 6. The van der Waals surface area contributed by atoms with E-state index in [2.05, 4.69) is 15.2 Å². The second kappa shape index (κ2) is 8.35. The van der Waals surface area contributed by atoms with Gasteiger partial charge in [-0.25, -0.2) is 13.2 Å². The number of amides is 1. The Morgan fingerprint density at radius 2 is 2.03 bits per heavy atom. The Kier molecular flexibility index (Phi) is 5.73. The molecular weight excluding hydrogens is 453 g/mol. The summed E-state index contributed by atoms with van der Waals surface area (Å²) in [6.07, 6.45) is 1.78. The summed E-state index contributed by atoms with van der Waals surface area (Å²) >= 11 is 0. The lowest BCUT2D eigenvalue weighted by atomic mass is 10.0. The second-order valence-electron chi connectivity index (χ2n) is 7.07. The average Bonchev–Trinajstić information content (AvgIpc) is 3.44. The molecule has 0 saturated heterocycles. The molecule has 1 atom stereocenters. The van der Waals surface area contributed by atoms with E-state index in [0.29, 0.717) is 15.3 Å². The van der Waals surface area contributed by atoms with Crippen molar-refractivity contribution in [3.63, 3.8) is 0 Å². The van der Waals surface area contributed by atoms with Crippen LogP contribution in [0.25, 0.3) is 0 Å². The maximum atomic E-state index is 14.0. The minimum Gasteiger partial charge on any atom is -0.395 e. The number of hydrogen-bond acceptors (Lipinski definition) is 7. The molecule has 4 heterocycles. The lowest BCUT2D eigenvalue weighted by molar-refractivity contribution is -0.134. The van der Waals surface area contributed by atoms with E-state index in [4.69, 9.17) is 0 Å². The number of pyridine rings is 1. The molecule has 0 unspecified atom stereocenters. The normalized spacial score (nSPS) is 14.7. The van der Waals surface area contributed by atoms with Crippen molar-refractivity contribution in [3.8, 4) is 0 Å². The van der Waals surface area contributed by atoms with Gasteiger partial charge in [-0.3, -0.25) is 14.5 Å². The van der Waals surface area contributed by atoms with Crippen LogP contribution < -0.4 is 0 Å². The molecule has 0 aromatic carbocycles. The van der Waals surface area contributed by atoms with E-state index in [1.54, 1.807) is 0 Å². The highest BCUT2D eigenvalue weighted by atomic mass is 32.2. The molecule has 10 nitrogen and oxygen atoms in total. The number of carbonyl (C=O) groups is 1. The number of aliphatic hydroxyl groups excluding tert-OH is 1. The first-order chi connectivity index (χ1) is 15.2. The zero-order chi connectivity index (χ0) is 23.0. The van der Waals surface area contributed by atoms with Crippen molar-refractivity contribution in [3.05, 3.63) is 59.7 Å². The van der Waals surface area contributed by atoms with Crippen molar-refractivity contribution in [1.82, 2.24) is 28.9 Å². The minimum atomic E-state index is -4.16. The van der Waals surface area contributed by atoms with Crippen LogP contribution in [-0.4, -0.2) is 61.3 Å². The fourth-order valence-corrected chi connectivity index (χ4v) is 4.51. The van der Waals surface area contributed by atoms with Crippen molar-refractivity contribution in [2.24, 2.45) is 0 Å². The molecule has 32 heavy (non-hydrogen) atoms. The summed E-state index contributed by atoms with van der Waals surface area (Å²) in [4.78, 5) is 17.7. The van der Waals surface area contributed by atoms with Crippen LogP contribution in [0.5, 0.6) is 0 Å². The number of halogens is 3. The molecule has 1 N–H and O–H groups in total. The standard InChI is InChI=1S/C18H17F3N6O4S/c19-14-2-1-3-22-17(14)13(10-28)18(29)25-5-11-6-27(24-15(11)8-25)32(30,31)12-4-23-26(7-12)9-16(20)21/h1-4,6-7,13,16,28H,5,8-10H2/t13-/m1/s1. The van der Waals surface area contributed by atoms with Gasteiger partial charge in [0.25, 0.3) is 16.4 Å². The van der Waals surface area contributed by atoms with Gasteiger partial charge in [-0.1, -0.05) is 0 Å². The van der Waals surface area contributed by atoms with Gasteiger partial charge in [0.1, 0.15) is 23.2 Å². The Balaban J connectivity index is 1.52. The van der Waals surface area contributed by atoms with Crippen molar-refractivity contribution >= 4 is 15.9 Å². The highest BCUT2D eigenvalue weighted by Crippen LogP contribution is 2.28. The molecule has 14 heteroatoms. The molecule has 3 aromatic heterocycles. The molecule has 4 rings (SSSR count). The number of aromatic nitrogens is 5. The van der Waals surface area contributed by atoms with Crippen LogP contribution in [-0.2, 0) is 34.5 Å². The summed E-state index contributed by atoms with van der Waals surface area (Å²) in [7, 11) is -4.16. The molecule has 3 aromatic rings. The van der Waals surface area contributed by atoms with Crippen LogP contribution in [0, 0.1) is 5.82 Å². The molecule has 0 bridgehead atoms. The van der Waals surface area contributed by atoms with Crippen LogP contribution in [0.15, 0.2) is 41.8 Å². The SMILES string of the molecule is O=C([C@H](CO)c1ncccc1F)N1Cc2cn(S(=O)(=O)c3cnn(CC(F)F)c3)nc2C1. The van der Waals surface area contributed by atoms with Crippen LogP contribution in [0.4, 0.5) is 13.2 Å². The fourth-order valence-electron chi connectivity index (χ4n) is 3.39. The van der Waals surface area contributed by atoms with E-state index in [-0.39, 0.29) is 23.7 Å². The zero-order valence-corrected chi connectivity index (χ0v) is 17.2. The smallest absolute Gasteiger partial charge is 0.286 e. The van der Waals surface area contributed by atoms with Gasteiger partial charge in [0.2, 0.25) is 5.91 Å². The van der Waals surface area contributed by atoms with Gasteiger partial charge in [-0.05, 0) is 12.1 Å². The fraction of sp³-hybridized carbons (Fsp3) is 0.333. The van der Waals surface area contributed by atoms with E-state index >= 15 is 0 Å². The van der Waals surface area contributed by atoms with Gasteiger partial charge < -0.3 is 10.0 Å². The summed E-state index contributed by atoms with van der Waals surface area (Å²) in [5.74, 6) is -2.51. The summed E-state index contributed by atoms with van der Waals surface area (Å²) in [5.41, 5.74) is 0.568. The Morgan fingerprint density at radius 3 is 2.69 bits per heavy atom. The van der Waals surface area contributed by atoms with Gasteiger partial charge in [0.05, 0.1) is 30.7 Å². The first-order valence-electron chi connectivity index (χ1n) is 9.34. The zero-order valence-electron chi connectivity index (χ0n) is 16.3. The van der Waals surface area contributed by atoms with E-state index in [1.807, 2.05) is 0 Å². The maximum Gasteiger partial charge on any atom is 0.286 e. The Labute approximate surface area is 180 Å². The molecule has 0 spiro atoms. The molecule has 0 radical (unpaired) electrons. The third kappa shape index (κ3) is 3.98. The van der Waals surface area contributed by atoms with Gasteiger partial charge in [-0.15, -0.1) is 0 Å². The van der Waals surface area contributed by atoms with E-state index in [0.717, 1.165) is 23.1 Å². The van der Waals surface area contributed by atoms with E-state index in [1.165, 1.54) is 23.4 Å². The summed E-state index contributed by atoms with van der Waals surface area (Å²) in [6.45, 7) is -1.45. The van der Waals surface area contributed by atoms with E-state index in [9.17, 15) is 31.5 Å². The molecule has 1 aliphatic rings. The molecular formula is C18H17F3N6O4S. The van der Waals surface area contributed by atoms with Gasteiger partial charge >= 0.3 is 0 Å². The van der Waals surface area contributed by atoms with Crippen LogP contribution in [0.3, 0.4) is 0 Å². The number of rotatable bonds is 7. The van der Waals surface area contributed by atoms with Gasteiger partial charge in [-0.2, -0.15) is 22.7 Å². The number of fused-ring (bicyclic) bond motifs is 1. The third-order valence-electron chi connectivity index (χ3n) is 4.95. The molecule has 1 aliphatic heterocycles. The molecule has 0 fully saturated rings. The van der Waals surface area contributed by atoms with Crippen molar-refractivity contribution in [1.29, 1.82) is 0 Å². The average molecular weight is 470 g/mol. The Morgan fingerprint density at radius 1 is 1.25 bits per heavy atom. The van der Waals surface area contributed by atoms with Crippen LogP contribution in [0.2, 0.25) is 0 Å². The van der Waals surface area contributed by atoms with E-state index < -0.39 is 47.2 Å². The summed E-state index contributed by atoms with van der Waals surface area (Å²) in [6, 6.07) is 2.50.